The molecule has 1 aliphatic heterocycles. The fourth-order valence-electron chi connectivity index (χ4n) is 3.30. The van der Waals surface area contributed by atoms with Crippen molar-refractivity contribution < 1.29 is 14.6 Å². The van der Waals surface area contributed by atoms with E-state index in [4.69, 9.17) is 4.74 Å². The van der Waals surface area contributed by atoms with E-state index in [1.165, 1.54) is 70.6 Å². The molecule has 3 heteroatoms. The number of aliphatic hydroxyl groups is 1. The molecule has 0 radical (unpaired) electrons. The second-order valence-corrected chi connectivity index (χ2v) is 6.92. The molecule has 0 bridgehead atoms. The van der Waals surface area contributed by atoms with Crippen LogP contribution in [-0.2, 0) is 9.53 Å². The number of aliphatic hydroxyl groups excluding tert-OH is 1. The molecule has 1 saturated heterocycles. The summed E-state index contributed by atoms with van der Waals surface area (Å²) in [5.74, 6) is -0.485. The van der Waals surface area contributed by atoms with E-state index >= 15 is 0 Å². The number of unbranched alkanes of at least 4 members (excludes halogenated alkanes) is 11. The van der Waals surface area contributed by atoms with Gasteiger partial charge in [0, 0.05) is 0 Å². The topological polar surface area (TPSA) is 46.5 Å². The predicted octanol–water partition coefficient (Wildman–Crippen LogP) is 5.00. The summed E-state index contributed by atoms with van der Waals surface area (Å²) >= 11 is 0. The van der Waals surface area contributed by atoms with Crippen LogP contribution in [0.15, 0.2) is 0 Å². The lowest BCUT2D eigenvalue weighted by atomic mass is 9.95. The molecule has 3 atom stereocenters. The van der Waals surface area contributed by atoms with E-state index in [1.54, 1.807) is 6.92 Å². The average Bonchev–Trinajstić information content (AvgIpc) is 2.74. The van der Waals surface area contributed by atoms with Crippen LogP contribution in [0.25, 0.3) is 0 Å². The standard InChI is InChI=1S/C19H36O3/c1-3-4-5-6-7-8-9-10-11-12-13-14-15-17-18(20)16(2)22-19(17)21/h16-18,20H,3-15H2,1-2H3/t16-,17+,18+/m1/s1. The largest absolute Gasteiger partial charge is 0.460 e. The molecule has 1 aliphatic rings. The molecule has 22 heavy (non-hydrogen) atoms. The van der Waals surface area contributed by atoms with Gasteiger partial charge in [0.05, 0.1) is 5.92 Å². The maximum absolute atomic E-state index is 11.5. The highest BCUT2D eigenvalue weighted by molar-refractivity contribution is 5.75. The molecule has 0 aromatic rings. The Labute approximate surface area is 136 Å². The highest BCUT2D eigenvalue weighted by Crippen LogP contribution is 2.26. The van der Waals surface area contributed by atoms with Crippen molar-refractivity contribution in [3.63, 3.8) is 0 Å². The fraction of sp³-hybridized carbons (Fsp3) is 0.947. The molecule has 1 N–H and O–H groups in total. The van der Waals surface area contributed by atoms with Gasteiger partial charge in [-0.05, 0) is 13.3 Å². The van der Waals surface area contributed by atoms with Crippen LogP contribution in [0.5, 0.6) is 0 Å². The third-order valence-corrected chi connectivity index (χ3v) is 4.87. The molecule has 0 saturated carbocycles. The third-order valence-electron chi connectivity index (χ3n) is 4.87. The number of carbonyl (C=O) groups excluding carboxylic acids is 1. The van der Waals surface area contributed by atoms with Gasteiger partial charge in [-0.1, -0.05) is 84.0 Å². The second kappa shape index (κ2) is 11.9. The molecular formula is C19H36O3. The van der Waals surface area contributed by atoms with Crippen molar-refractivity contribution in [2.45, 2.75) is 110 Å². The van der Waals surface area contributed by atoms with Gasteiger partial charge in [0.15, 0.2) is 0 Å². The summed E-state index contributed by atoms with van der Waals surface area (Å²) < 4.78 is 5.05. The van der Waals surface area contributed by atoms with Crippen molar-refractivity contribution >= 4 is 5.97 Å². The molecule has 0 unspecified atom stereocenters. The van der Waals surface area contributed by atoms with Crippen LogP contribution in [0.4, 0.5) is 0 Å². The number of hydrogen-bond donors (Lipinski definition) is 1. The summed E-state index contributed by atoms with van der Waals surface area (Å²) in [5.41, 5.74) is 0. The number of rotatable bonds is 13. The second-order valence-electron chi connectivity index (χ2n) is 6.92. The lowest BCUT2D eigenvalue weighted by Crippen LogP contribution is -2.24. The third kappa shape index (κ3) is 7.62. The minimum absolute atomic E-state index is 0.205. The van der Waals surface area contributed by atoms with Crippen molar-refractivity contribution in [3.8, 4) is 0 Å². The van der Waals surface area contributed by atoms with E-state index in [2.05, 4.69) is 6.92 Å². The molecule has 130 valence electrons. The van der Waals surface area contributed by atoms with Crippen LogP contribution in [0.2, 0.25) is 0 Å². The maximum atomic E-state index is 11.5. The smallest absolute Gasteiger partial charge is 0.312 e. The predicted molar refractivity (Wildman–Crippen MR) is 90.7 cm³/mol. The van der Waals surface area contributed by atoms with Crippen LogP contribution in [0.1, 0.15) is 97.3 Å². The molecule has 3 nitrogen and oxygen atoms in total. The van der Waals surface area contributed by atoms with Gasteiger partial charge in [-0.25, -0.2) is 0 Å². The number of carbonyl (C=O) groups is 1. The first-order valence-corrected chi connectivity index (χ1v) is 9.55. The molecule has 1 fully saturated rings. The summed E-state index contributed by atoms with van der Waals surface area (Å²) in [7, 11) is 0. The zero-order valence-corrected chi connectivity index (χ0v) is 14.7. The Bertz CT molecular complexity index is 290. The minimum atomic E-state index is -0.597. The first-order valence-electron chi connectivity index (χ1n) is 9.55. The molecule has 0 spiro atoms. The monoisotopic (exact) mass is 312 g/mol. The Kier molecular flexibility index (Phi) is 10.6. The lowest BCUT2D eigenvalue weighted by Gasteiger charge is -2.11. The first-order chi connectivity index (χ1) is 10.7. The Morgan fingerprint density at radius 1 is 0.864 bits per heavy atom. The van der Waals surface area contributed by atoms with E-state index < -0.39 is 6.10 Å². The first kappa shape index (κ1) is 19.5. The van der Waals surface area contributed by atoms with Crippen molar-refractivity contribution in [1.82, 2.24) is 0 Å². The summed E-state index contributed by atoms with van der Waals surface area (Å²) in [6, 6.07) is 0. The Hall–Kier alpha value is -0.570. The summed E-state index contributed by atoms with van der Waals surface area (Å²) in [6.07, 6.45) is 15.7. The molecule has 0 aromatic heterocycles. The zero-order valence-electron chi connectivity index (χ0n) is 14.7. The number of esters is 1. The summed E-state index contributed by atoms with van der Waals surface area (Å²) in [4.78, 5) is 11.5. The lowest BCUT2D eigenvalue weighted by molar-refractivity contribution is -0.143. The highest BCUT2D eigenvalue weighted by atomic mass is 16.6. The van der Waals surface area contributed by atoms with E-state index in [0.717, 1.165) is 12.8 Å². The number of hydrogen-bond acceptors (Lipinski definition) is 3. The van der Waals surface area contributed by atoms with Crippen molar-refractivity contribution in [1.29, 1.82) is 0 Å². The van der Waals surface area contributed by atoms with Gasteiger partial charge in [0.2, 0.25) is 0 Å². The van der Waals surface area contributed by atoms with Crippen molar-refractivity contribution in [3.05, 3.63) is 0 Å². The van der Waals surface area contributed by atoms with E-state index in [-0.39, 0.29) is 18.0 Å². The van der Waals surface area contributed by atoms with Crippen molar-refractivity contribution in [2.75, 3.05) is 0 Å². The summed E-state index contributed by atoms with van der Waals surface area (Å²) in [6.45, 7) is 4.03. The van der Waals surface area contributed by atoms with Gasteiger partial charge in [-0.3, -0.25) is 4.79 Å². The van der Waals surface area contributed by atoms with Crippen LogP contribution in [-0.4, -0.2) is 23.3 Å². The molecule has 0 aromatic carbocycles. The molecule has 0 amide bonds. The van der Waals surface area contributed by atoms with Gasteiger partial charge in [0.1, 0.15) is 12.2 Å². The number of cyclic esters (lactones) is 1. The Morgan fingerprint density at radius 3 is 1.73 bits per heavy atom. The SMILES string of the molecule is CCCCCCCCCCCCCC[C@@H]1C(=O)O[C@H](C)[C@@H]1O. The molecular weight excluding hydrogens is 276 g/mol. The van der Waals surface area contributed by atoms with Gasteiger partial charge in [-0.2, -0.15) is 0 Å². The fourth-order valence-corrected chi connectivity index (χ4v) is 3.30. The average molecular weight is 312 g/mol. The zero-order chi connectivity index (χ0) is 16.2. The highest BCUT2D eigenvalue weighted by Gasteiger charge is 2.40. The van der Waals surface area contributed by atoms with Gasteiger partial charge >= 0.3 is 5.97 Å². The van der Waals surface area contributed by atoms with Gasteiger partial charge in [0.25, 0.3) is 0 Å². The molecule has 1 heterocycles. The Balaban J connectivity index is 1.85. The quantitative estimate of drug-likeness (QED) is 0.384. The van der Waals surface area contributed by atoms with Crippen LogP contribution >= 0.6 is 0 Å². The van der Waals surface area contributed by atoms with Crippen LogP contribution in [0.3, 0.4) is 0 Å². The number of ether oxygens (including phenoxy) is 1. The summed E-state index contributed by atoms with van der Waals surface area (Å²) in [5, 5.41) is 9.86. The van der Waals surface area contributed by atoms with Crippen LogP contribution in [0, 0.1) is 5.92 Å². The van der Waals surface area contributed by atoms with Crippen molar-refractivity contribution in [2.24, 2.45) is 5.92 Å². The normalized spacial score (nSPS) is 24.7. The Morgan fingerprint density at radius 2 is 1.32 bits per heavy atom. The maximum Gasteiger partial charge on any atom is 0.312 e. The van der Waals surface area contributed by atoms with E-state index in [9.17, 15) is 9.90 Å². The van der Waals surface area contributed by atoms with Crippen LogP contribution < -0.4 is 0 Å². The molecule has 0 aliphatic carbocycles. The molecule has 1 rings (SSSR count). The van der Waals surface area contributed by atoms with Gasteiger partial charge in [-0.15, -0.1) is 0 Å². The van der Waals surface area contributed by atoms with E-state index in [0.29, 0.717) is 0 Å². The minimum Gasteiger partial charge on any atom is -0.460 e. The van der Waals surface area contributed by atoms with Gasteiger partial charge < -0.3 is 9.84 Å². The van der Waals surface area contributed by atoms with E-state index in [1.807, 2.05) is 0 Å².